The predicted octanol–water partition coefficient (Wildman–Crippen LogP) is 2.74. The second-order valence-electron chi connectivity index (χ2n) is 4.14. The van der Waals surface area contributed by atoms with Gasteiger partial charge in [0, 0.05) is 32.5 Å². The third-order valence-corrected chi connectivity index (χ3v) is 2.63. The van der Waals surface area contributed by atoms with Crippen molar-refractivity contribution in [3.05, 3.63) is 18.2 Å². The van der Waals surface area contributed by atoms with Crippen molar-refractivity contribution in [1.29, 1.82) is 0 Å². The van der Waals surface area contributed by atoms with E-state index in [1.165, 1.54) is 0 Å². The lowest BCUT2D eigenvalue weighted by Crippen LogP contribution is -2.33. The second kappa shape index (κ2) is 12.3. The zero-order valence-electron chi connectivity index (χ0n) is 13.6. The van der Waals surface area contributed by atoms with Crippen LogP contribution in [0.5, 0.6) is 11.5 Å². The predicted molar refractivity (Wildman–Crippen MR) is 101 cm³/mol. The molecule has 1 aromatic carbocycles. The lowest BCUT2D eigenvalue weighted by Gasteiger charge is -2.15. The standard InChI is InChI=1S/C15H25N3O3.HI/c1-5-20-13-8-7-12(11-14(13)21-6-2)18-15(16-3)17-9-10-19-4;/h7-8,11H,5-6,9-10H2,1-4H3,(H2,16,17,18);1H. The number of hydrogen-bond acceptors (Lipinski definition) is 4. The molecule has 0 spiro atoms. The smallest absolute Gasteiger partial charge is 0.195 e. The average Bonchev–Trinajstić information content (AvgIpc) is 2.49. The van der Waals surface area contributed by atoms with Crippen LogP contribution in [-0.2, 0) is 4.74 Å². The number of guanidine groups is 1. The Morgan fingerprint density at radius 1 is 1.14 bits per heavy atom. The molecule has 0 amide bonds. The minimum atomic E-state index is 0. The summed E-state index contributed by atoms with van der Waals surface area (Å²) in [6.07, 6.45) is 0. The molecular formula is C15H26IN3O3. The van der Waals surface area contributed by atoms with E-state index in [9.17, 15) is 0 Å². The first-order valence-corrected chi connectivity index (χ1v) is 7.11. The van der Waals surface area contributed by atoms with Crippen LogP contribution < -0.4 is 20.1 Å². The van der Waals surface area contributed by atoms with Gasteiger partial charge in [0.1, 0.15) is 0 Å². The Morgan fingerprint density at radius 3 is 2.41 bits per heavy atom. The number of nitrogens with zero attached hydrogens (tertiary/aromatic N) is 1. The first kappa shape index (κ1) is 20.8. The molecule has 1 aromatic rings. The summed E-state index contributed by atoms with van der Waals surface area (Å²) < 4.78 is 16.1. The van der Waals surface area contributed by atoms with Gasteiger partial charge in [-0.1, -0.05) is 0 Å². The third-order valence-electron chi connectivity index (χ3n) is 2.63. The normalized spacial score (nSPS) is 10.6. The average molecular weight is 423 g/mol. The Kier molecular flexibility index (Phi) is 11.7. The minimum absolute atomic E-state index is 0. The monoisotopic (exact) mass is 423 g/mol. The highest BCUT2D eigenvalue weighted by Crippen LogP contribution is 2.30. The highest BCUT2D eigenvalue weighted by atomic mass is 127. The SMILES string of the molecule is CCOc1ccc(NC(=NC)NCCOC)cc1OCC.I. The van der Waals surface area contributed by atoms with Crippen molar-refractivity contribution in [3.63, 3.8) is 0 Å². The summed E-state index contributed by atoms with van der Waals surface area (Å²) in [5.74, 6) is 2.14. The van der Waals surface area contributed by atoms with Gasteiger partial charge in [-0.05, 0) is 26.0 Å². The van der Waals surface area contributed by atoms with Crippen molar-refractivity contribution in [3.8, 4) is 11.5 Å². The molecule has 1 rings (SSSR count). The van der Waals surface area contributed by atoms with Crippen molar-refractivity contribution < 1.29 is 14.2 Å². The fraction of sp³-hybridized carbons (Fsp3) is 0.533. The van der Waals surface area contributed by atoms with Crippen molar-refractivity contribution in [2.45, 2.75) is 13.8 Å². The van der Waals surface area contributed by atoms with Crippen LogP contribution in [0.25, 0.3) is 0 Å². The molecule has 7 heteroatoms. The van der Waals surface area contributed by atoms with E-state index < -0.39 is 0 Å². The van der Waals surface area contributed by atoms with Crippen LogP contribution in [0.15, 0.2) is 23.2 Å². The quantitative estimate of drug-likeness (QED) is 0.292. The van der Waals surface area contributed by atoms with Gasteiger partial charge in [0.05, 0.1) is 19.8 Å². The van der Waals surface area contributed by atoms with E-state index in [1.54, 1.807) is 14.2 Å². The molecule has 0 aliphatic rings. The highest BCUT2D eigenvalue weighted by molar-refractivity contribution is 14.0. The van der Waals surface area contributed by atoms with Gasteiger partial charge in [-0.15, -0.1) is 24.0 Å². The Bertz CT molecular complexity index is 456. The number of halogens is 1. The summed E-state index contributed by atoms with van der Waals surface area (Å²) >= 11 is 0. The third kappa shape index (κ3) is 7.17. The molecule has 0 bridgehead atoms. The molecule has 6 nitrogen and oxygen atoms in total. The fourth-order valence-electron chi connectivity index (χ4n) is 1.72. The Hall–Kier alpha value is -1.22. The summed E-state index contributed by atoms with van der Waals surface area (Å²) in [6.45, 7) is 6.39. The van der Waals surface area contributed by atoms with Crippen LogP contribution in [0.2, 0.25) is 0 Å². The molecule has 2 N–H and O–H groups in total. The van der Waals surface area contributed by atoms with Gasteiger partial charge in [0.15, 0.2) is 17.5 Å². The molecule has 126 valence electrons. The van der Waals surface area contributed by atoms with Gasteiger partial charge in [-0.3, -0.25) is 4.99 Å². The minimum Gasteiger partial charge on any atom is -0.490 e. The van der Waals surface area contributed by atoms with Crippen LogP contribution in [0.3, 0.4) is 0 Å². The van der Waals surface area contributed by atoms with E-state index in [0.29, 0.717) is 32.3 Å². The Morgan fingerprint density at radius 2 is 1.82 bits per heavy atom. The number of hydrogen-bond donors (Lipinski definition) is 2. The zero-order valence-corrected chi connectivity index (χ0v) is 16.0. The van der Waals surface area contributed by atoms with Gasteiger partial charge >= 0.3 is 0 Å². The fourth-order valence-corrected chi connectivity index (χ4v) is 1.72. The van der Waals surface area contributed by atoms with Gasteiger partial charge in [-0.2, -0.15) is 0 Å². The van der Waals surface area contributed by atoms with Crippen molar-refractivity contribution >= 4 is 35.6 Å². The van der Waals surface area contributed by atoms with E-state index in [1.807, 2.05) is 32.0 Å². The van der Waals surface area contributed by atoms with Crippen molar-refractivity contribution in [2.24, 2.45) is 4.99 Å². The summed E-state index contributed by atoms with van der Waals surface area (Å²) in [5.41, 5.74) is 0.882. The van der Waals surface area contributed by atoms with Crippen molar-refractivity contribution in [1.82, 2.24) is 5.32 Å². The molecule has 0 heterocycles. The van der Waals surface area contributed by atoms with Crippen LogP contribution in [0, 0.1) is 0 Å². The summed E-state index contributed by atoms with van der Waals surface area (Å²) in [6, 6.07) is 5.72. The number of ether oxygens (including phenoxy) is 3. The number of nitrogens with one attached hydrogen (secondary N) is 2. The van der Waals surface area contributed by atoms with E-state index in [-0.39, 0.29) is 24.0 Å². The summed E-state index contributed by atoms with van der Waals surface area (Å²) in [5, 5.41) is 6.36. The molecule has 22 heavy (non-hydrogen) atoms. The molecule has 0 aliphatic carbocycles. The molecule has 0 radical (unpaired) electrons. The molecule has 0 aliphatic heterocycles. The van der Waals surface area contributed by atoms with E-state index in [4.69, 9.17) is 14.2 Å². The maximum Gasteiger partial charge on any atom is 0.195 e. The number of aliphatic imine (C=N–C) groups is 1. The molecule has 0 saturated carbocycles. The topological polar surface area (TPSA) is 64.1 Å². The first-order valence-electron chi connectivity index (χ1n) is 7.11. The number of methoxy groups -OCH3 is 1. The summed E-state index contributed by atoms with van der Waals surface area (Å²) in [7, 11) is 3.39. The molecular weight excluding hydrogens is 397 g/mol. The van der Waals surface area contributed by atoms with Crippen LogP contribution in [0.1, 0.15) is 13.8 Å². The van der Waals surface area contributed by atoms with Crippen LogP contribution >= 0.6 is 24.0 Å². The molecule has 0 unspecified atom stereocenters. The van der Waals surface area contributed by atoms with E-state index in [2.05, 4.69) is 15.6 Å². The van der Waals surface area contributed by atoms with Gasteiger partial charge in [-0.25, -0.2) is 0 Å². The van der Waals surface area contributed by atoms with Crippen molar-refractivity contribution in [2.75, 3.05) is 45.8 Å². The zero-order chi connectivity index (χ0) is 15.5. The lowest BCUT2D eigenvalue weighted by molar-refractivity contribution is 0.204. The van der Waals surface area contributed by atoms with E-state index in [0.717, 1.165) is 17.2 Å². The number of rotatable bonds is 8. The summed E-state index contributed by atoms with van der Waals surface area (Å²) in [4.78, 5) is 4.16. The van der Waals surface area contributed by atoms with Gasteiger partial charge in [0.25, 0.3) is 0 Å². The lowest BCUT2D eigenvalue weighted by atomic mass is 10.2. The highest BCUT2D eigenvalue weighted by Gasteiger charge is 2.07. The molecule has 0 aromatic heterocycles. The maximum atomic E-state index is 5.60. The Labute approximate surface area is 149 Å². The maximum absolute atomic E-state index is 5.60. The largest absolute Gasteiger partial charge is 0.490 e. The van der Waals surface area contributed by atoms with Crippen LogP contribution in [0.4, 0.5) is 5.69 Å². The Balaban J connectivity index is 0.00000441. The first-order chi connectivity index (χ1) is 10.2. The molecule has 0 atom stereocenters. The second-order valence-corrected chi connectivity index (χ2v) is 4.14. The van der Waals surface area contributed by atoms with Gasteiger partial charge in [0.2, 0.25) is 0 Å². The number of benzene rings is 1. The number of anilines is 1. The molecule has 0 fully saturated rings. The van der Waals surface area contributed by atoms with E-state index >= 15 is 0 Å². The van der Waals surface area contributed by atoms with Gasteiger partial charge < -0.3 is 24.8 Å². The molecule has 0 saturated heterocycles. The van der Waals surface area contributed by atoms with Crippen LogP contribution in [-0.4, -0.2) is 46.5 Å².